The average molecular weight is 483 g/mol. The maximum absolute atomic E-state index is 13.5. The minimum Gasteiger partial charge on any atom is -0.355 e. The molecule has 4 nitrogen and oxygen atoms in total. The smallest absolute Gasteiger partial charge is 0.258 e. The number of benzene rings is 4. The number of nitrogens with zero attached hydrogens (tertiary/aromatic N) is 1. The minimum atomic E-state index is -0.130. The van der Waals surface area contributed by atoms with Crippen molar-refractivity contribution in [2.45, 2.75) is 19.4 Å². The number of amides is 2. The van der Waals surface area contributed by atoms with Crippen LogP contribution >= 0.6 is 11.6 Å². The van der Waals surface area contributed by atoms with Crippen molar-refractivity contribution in [1.29, 1.82) is 0 Å². The fraction of sp³-hybridized carbons (Fsp3) is 0.133. The molecule has 5 heteroatoms. The first-order chi connectivity index (χ1) is 17.1. The molecule has 176 valence electrons. The van der Waals surface area contributed by atoms with Gasteiger partial charge in [-0.1, -0.05) is 84.4 Å². The molecule has 0 saturated heterocycles. The molecule has 4 aromatic rings. The molecule has 35 heavy (non-hydrogen) atoms. The molecular formula is C30H27ClN2O2. The summed E-state index contributed by atoms with van der Waals surface area (Å²) < 4.78 is 0. The van der Waals surface area contributed by atoms with Crippen LogP contribution < -0.4 is 10.2 Å². The molecule has 0 aliphatic heterocycles. The molecule has 2 amide bonds. The fourth-order valence-corrected chi connectivity index (χ4v) is 3.99. The van der Waals surface area contributed by atoms with Crippen molar-refractivity contribution in [3.63, 3.8) is 0 Å². The fourth-order valence-electron chi connectivity index (χ4n) is 3.87. The topological polar surface area (TPSA) is 49.4 Å². The predicted octanol–water partition coefficient (Wildman–Crippen LogP) is 6.09. The second-order valence-electron chi connectivity index (χ2n) is 8.32. The molecule has 0 unspecified atom stereocenters. The molecule has 0 aliphatic rings. The number of carbonyl (C=O) groups is 2. The molecular weight excluding hydrogens is 456 g/mol. The summed E-state index contributed by atoms with van der Waals surface area (Å²) in [4.78, 5) is 27.8. The summed E-state index contributed by atoms with van der Waals surface area (Å²) in [5, 5.41) is 3.57. The van der Waals surface area contributed by atoms with Crippen molar-refractivity contribution < 1.29 is 9.59 Å². The van der Waals surface area contributed by atoms with E-state index in [1.165, 1.54) is 5.56 Å². The molecule has 0 bridgehead atoms. The number of anilines is 1. The molecule has 0 aromatic heterocycles. The maximum Gasteiger partial charge on any atom is 0.258 e. The summed E-state index contributed by atoms with van der Waals surface area (Å²) in [5.41, 5.74) is 4.34. The Morgan fingerprint density at radius 2 is 1.34 bits per heavy atom. The molecule has 0 aliphatic carbocycles. The summed E-state index contributed by atoms with van der Waals surface area (Å²) in [5.74, 6) is -0.174. The normalized spacial score (nSPS) is 10.5. The van der Waals surface area contributed by atoms with Gasteiger partial charge >= 0.3 is 0 Å². The van der Waals surface area contributed by atoms with E-state index in [0.29, 0.717) is 23.7 Å². The predicted molar refractivity (Wildman–Crippen MR) is 142 cm³/mol. The zero-order valence-electron chi connectivity index (χ0n) is 19.4. The summed E-state index contributed by atoms with van der Waals surface area (Å²) in [6.07, 6.45) is 1.03. The van der Waals surface area contributed by atoms with Crippen LogP contribution in [0.4, 0.5) is 5.69 Å². The summed E-state index contributed by atoms with van der Waals surface area (Å²) in [6.45, 7) is 0.993. The number of hydrogen-bond donors (Lipinski definition) is 1. The van der Waals surface area contributed by atoms with Crippen LogP contribution in [0.2, 0.25) is 5.02 Å². The highest BCUT2D eigenvalue weighted by Gasteiger charge is 2.19. The van der Waals surface area contributed by atoms with Crippen molar-refractivity contribution in [2.75, 3.05) is 11.4 Å². The van der Waals surface area contributed by atoms with E-state index in [1.54, 1.807) is 29.2 Å². The van der Waals surface area contributed by atoms with Crippen LogP contribution in [0, 0.1) is 0 Å². The van der Waals surface area contributed by atoms with Gasteiger partial charge in [0.25, 0.3) is 5.91 Å². The van der Waals surface area contributed by atoms with E-state index in [2.05, 4.69) is 17.4 Å². The lowest BCUT2D eigenvalue weighted by molar-refractivity contribution is -0.120. The van der Waals surface area contributed by atoms with E-state index in [1.807, 2.05) is 72.8 Å². The Bertz CT molecular complexity index is 1260. The van der Waals surface area contributed by atoms with Gasteiger partial charge in [-0.05, 0) is 59.5 Å². The van der Waals surface area contributed by atoms with Crippen molar-refractivity contribution in [3.05, 3.63) is 136 Å². The monoisotopic (exact) mass is 482 g/mol. The number of carbonyl (C=O) groups excluding carboxylic acids is 2. The highest BCUT2D eigenvalue weighted by atomic mass is 35.5. The highest BCUT2D eigenvalue weighted by molar-refractivity contribution is 6.30. The van der Waals surface area contributed by atoms with Crippen molar-refractivity contribution >= 4 is 29.1 Å². The first-order valence-electron chi connectivity index (χ1n) is 11.6. The third kappa shape index (κ3) is 7.05. The van der Waals surface area contributed by atoms with Gasteiger partial charge in [0.05, 0.1) is 13.0 Å². The lowest BCUT2D eigenvalue weighted by atomic mass is 10.1. The Morgan fingerprint density at radius 3 is 2.03 bits per heavy atom. The second-order valence-corrected chi connectivity index (χ2v) is 8.75. The van der Waals surface area contributed by atoms with E-state index < -0.39 is 0 Å². The third-order valence-corrected chi connectivity index (χ3v) is 5.94. The lowest BCUT2D eigenvalue weighted by Crippen LogP contribution is -2.31. The summed E-state index contributed by atoms with van der Waals surface area (Å²) in [7, 11) is 0. The van der Waals surface area contributed by atoms with Crippen LogP contribution in [0.1, 0.15) is 27.0 Å². The second kappa shape index (κ2) is 12.0. The van der Waals surface area contributed by atoms with Gasteiger partial charge in [0.1, 0.15) is 0 Å². The van der Waals surface area contributed by atoms with Crippen molar-refractivity contribution in [2.24, 2.45) is 0 Å². The largest absolute Gasteiger partial charge is 0.355 e. The van der Waals surface area contributed by atoms with Crippen LogP contribution in [0.3, 0.4) is 0 Å². The summed E-state index contributed by atoms with van der Waals surface area (Å²) in [6, 6.07) is 34.4. The van der Waals surface area contributed by atoms with E-state index in [0.717, 1.165) is 23.2 Å². The maximum atomic E-state index is 13.5. The van der Waals surface area contributed by atoms with Crippen LogP contribution in [-0.4, -0.2) is 18.4 Å². The van der Waals surface area contributed by atoms with Crippen LogP contribution in [0.25, 0.3) is 0 Å². The van der Waals surface area contributed by atoms with Crippen molar-refractivity contribution in [3.8, 4) is 0 Å². The number of halogens is 1. The van der Waals surface area contributed by atoms with Crippen LogP contribution in [0.15, 0.2) is 109 Å². The lowest BCUT2D eigenvalue weighted by Gasteiger charge is -2.24. The van der Waals surface area contributed by atoms with Crippen LogP contribution in [0.5, 0.6) is 0 Å². The Labute approximate surface area is 211 Å². The Balaban J connectivity index is 1.48. The van der Waals surface area contributed by atoms with Gasteiger partial charge in [-0.15, -0.1) is 0 Å². The molecule has 4 aromatic carbocycles. The molecule has 0 fully saturated rings. The van der Waals surface area contributed by atoms with Gasteiger partial charge in [0.15, 0.2) is 0 Å². The minimum absolute atomic E-state index is 0.0447. The third-order valence-electron chi connectivity index (χ3n) is 5.69. The number of nitrogens with one attached hydrogen (secondary N) is 1. The highest BCUT2D eigenvalue weighted by Crippen LogP contribution is 2.23. The Hall–Kier alpha value is -3.89. The van der Waals surface area contributed by atoms with Gasteiger partial charge in [-0.2, -0.15) is 0 Å². The molecule has 0 heterocycles. The van der Waals surface area contributed by atoms with Crippen LogP contribution in [-0.2, 0) is 24.2 Å². The van der Waals surface area contributed by atoms with Gasteiger partial charge in [-0.3, -0.25) is 9.59 Å². The van der Waals surface area contributed by atoms with E-state index in [4.69, 9.17) is 11.6 Å². The van der Waals surface area contributed by atoms with Gasteiger partial charge in [-0.25, -0.2) is 0 Å². The van der Waals surface area contributed by atoms with Gasteiger partial charge in [0, 0.05) is 22.8 Å². The quantitative estimate of drug-likeness (QED) is 0.314. The molecule has 0 spiro atoms. The van der Waals surface area contributed by atoms with E-state index >= 15 is 0 Å². The zero-order chi connectivity index (χ0) is 24.5. The Kier molecular flexibility index (Phi) is 8.31. The van der Waals surface area contributed by atoms with E-state index in [-0.39, 0.29) is 18.2 Å². The first kappa shape index (κ1) is 24.2. The zero-order valence-corrected chi connectivity index (χ0v) is 20.1. The van der Waals surface area contributed by atoms with Gasteiger partial charge < -0.3 is 10.2 Å². The molecule has 0 radical (unpaired) electrons. The molecule has 0 saturated carbocycles. The standard InChI is InChI=1S/C30H27ClN2O2/c31-27-16-14-26(15-17-27)30(35)33(22-24-10-5-2-6-11-24)28-13-7-12-25(20-28)21-29(34)32-19-18-23-8-3-1-4-9-23/h1-17,20H,18-19,21-22H2,(H,32,34). The molecule has 1 N–H and O–H groups in total. The SMILES string of the molecule is O=C(Cc1cccc(N(Cc2ccccc2)C(=O)c2ccc(Cl)cc2)c1)NCCc1ccccc1. The van der Waals surface area contributed by atoms with Crippen molar-refractivity contribution in [1.82, 2.24) is 5.32 Å². The van der Waals surface area contributed by atoms with E-state index in [9.17, 15) is 9.59 Å². The average Bonchev–Trinajstić information content (AvgIpc) is 2.89. The number of rotatable bonds is 9. The van der Waals surface area contributed by atoms with Gasteiger partial charge in [0.2, 0.25) is 5.91 Å². The first-order valence-corrected chi connectivity index (χ1v) is 12.0. The summed E-state index contributed by atoms with van der Waals surface area (Å²) >= 11 is 6.02. The Morgan fingerprint density at radius 1 is 0.714 bits per heavy atom. The molecule has 0 atom stereocenters. The molecule has 4 rings (SSSR count). The number of hydrogen-bond acceptors (Lipinski definition) is 2.